The molecular formula is C15H16O3S. The molecule has 4 heteroatoms. The maximum atomic E-state index is 12.2. The Morgan fingerprint density at radius 3 is 2.63 bits per heavy atom. The second-order valence-electron chi connectivity index (χ2n) is 4.36. The molecule has 1 aromatic heterocycles. The predicted octanol–water partition coefficient (Wildman–Crippen LogP) is 3.33. The molecule has 1 N–H and O–H groups in total. The van der Waals surface area contributed by atoms with Crippen LogP contribution in [0.3, 0.4) is 0 Å². The van der Waals surface area contributed by atoms with Crippen LogP contribution in [0.4, 0.5) is 0 Å². The van der Waals surface area contributed by atoms with Crippen molar-refractivity contribution in [1.29, 1.82) is 0 Å². The molecule has 2 atom stereocenters. The lowest BCUT2D eigenvalue weighted by atomic mass is 10.2. The summed E-state index contributed by atoms with van der Waals surface area (Å²) >= 11 is 0. The van der Waals surface area contributed by atoms with E-state index >= 15 is 0 Å². The third-order valence-corrected chi connectivity index (χ3v) is 4.18. The quantitative estimate of drug-likeness (QED) is 0.911. The SMILES string of the molecule is C=C(C[C@@H](O)c1ccco1)S(=O)c1ccc(C)cc1. The minimum atomic E-state index is -1.31. The highest BCUT2D eigenvalue weighted by Gasteiger charge is 2.16. The number of aliphatic hydroxyl groups excluding tert-OH is 1. The predicted molar refractivity (Wildman–Crippen MR) is 75.0 cm³/mol. The fourth-order valence-corrected chi connectivity index (χ4v) is 2.73. The monoisotopic (exact) mass is 276 g/mol. The molecule has 0 amide bonds. The van der Waals surface area contributed by atoms with Crippen molar-refractivity contribution in [3.63, 3.8) is 0 Å². The summed E-state index contributed by atoms with van der Waals surface area (Å²) in [6, 6.07) is 10.8. The summed E-state index contributed by atoms with van der Waals surface area (Å²) < 4.78 is 17.3. The van der Waals surface area contributed by atoms with E-state index in [1.165, 1.54) is 6.26 Å². The van der Waals surface area contributed by atoms with Crippen LogP contribution in [-0.2, 0) is 10.8 Å². The van der Waals surface area contributed by atoms with Crippen molar-refractivity contribution >= 4 is 10.8 Å². The summed E-state index contributed by atoms with van der Waals surface area (Å²) in [6.45, 7) is 5.78. The van der Waals surface area contributed by atoms with E-state index in [1.807, 2.05) is 31.2 Å². The van der Waals surface area contributed by atoms with Gasteiger partial charge in [-0.1, -0.05) is 24.3 Å². The van der Waals surface area contributed by atoms with Crippen LogP contribution >= 0.6 is 0 Å². The zero-order chi connectivity index (χ0) is 13.8. The van der Waals surface area contributed by atoms with Gasteiger partial charge in [-0.25, -0.2) is 4.21 Å². The molecule has 0 aliphatic carbocycles. The van der Waals surface area contributed by atoms with E-state index in [0.717, 1.165) is 5.56 Å². The Labute approximate surface area is 115 Å². The Morgan fingerprint density at radius 1 is 1.37 bits per heavy atom. The van der Waals surface area contributed by atoms with Gasteiger partial charge in [-0.05, 0) is 31.2 Å². The fourth-order valence-electron chi connectivity index (χ4n) is 1.70. The van der Waals surface area contributed by atoms with Crippen molar-refractivity contribution < 1.29 is 13.7 Å². The Bertz CT molecular complexity index is 570. The van der Waals surface area contributed by atoms with Gasteiger partial charge >= 0.3 is 0 Å². The van der Waals surface area contributed by atoms with E-state index in [1.54, 1.807) is 12.1 Å². The number of aryl methyl sites for hydroxylation is 1. The van der Waals surface area contributed by atoms with Gasteiger partial charge in [0.25, 0.3) is 0 Å². The van der Waals surface area contributed by atoms with Crippen LogP contribution in [-0.4, -0.2) is 9.32 Å². The molecular weight excluding hydrogens is 260 g/mol. The minimum absolute atomic E-state index is 0.216. The highest BCUT2D eigenvalue weighted by atomic mass is 32.2. The smallest absolute Gasteiger partial charge is 0.132 e. The zero-order valence-corrected chi connectivity index (χ0v) is 11.5. The van der Waals surface area contributed by atoms with Crippen LogP contribution in [0.15, 0.2) is 63.5 Å². The topological polar surface area (TPSA) is 50.4 Å². The molecule has 3 nitrogen and oxygen atoms in total. The minimum Gasteiger partial charge on any atom is -0.467 e. The standard InChI is InChI=1S/C15H16O3S/c1-11-5-7-13(8-6-11)19(17)12(2)10-14(16)15-4-3-9-18-15/h3-9,14,16H,2,10H2,1H3/t14-,19?/m1/s1. The maximum absolute atomic E-state index is 12.2. The molecule has 0 saturated heterocycles. The molecule has 19 heavy (non-hydrogen) atoms. The van der Waals surface area contributed by atoms with Gasteiger partial charge in [0.1, 0.15) is 11.9 Å². The average Bonchev–Trinajstić information content (AvgIpc) is 2.92. The third kappa shape index (κ3) is 3.43. The first kappa shape index (κ1) is 13.8. The van der Waals surface area contributed by atoms with Crippen LogP contribution in [0.2, 0.25) is 0 Å². The Kier molecular flexibility index (Phi) is 4.35. The van der Waals surface area contributed by atoms with Gasteiger partial charge < -0.3 is 9.52 Å². The lowest BCUT2D eigenvalue weighted by Gasteiger charge is -2.10. The molecule has 0 aliphatic rings. The van der Waals surface area contributed by atoms with Gasteiger partial charge in [0.2, 0.25) is 0 Å². The Balaban J connectivity index is 2.04. The number of hydrogen-bond acceptors (Lipinski definition) is 3. The van der Waals surface area contributed by atoms with Gasteiger partial charge in [0.15, 0.2) is 0 Å². The van der Waals surface area contributed by atoms with E-state index in [9.17, 15) is 9.32 Å². The molecule has 100 valence electrons. The summed E-state index contributed by atoms with van der Waals surface area (Å²) in [4.78, 5) is 1.18. The molecule has 0 spiro atoms. The zero-order valence-electron chi connectivity index (χ0n) is 10.7. The molecule has 1 unspecified atom stereocenters. The number of rotatable bonds is 5. The van der Waals surface area contributed by atoms with Gasteiger partial charge in [0, 0.05) is 16.2 Å². The molecule has 2 rings (SSSR count). The van der Waals surface area contributed by atoms with Crippen molar-refractivity contribution in [1.82, 2.24) is 0 Å². The fraction of sp³-hybridized carbons (Fsp3) is 0.200. The summed E-state index contributed by atoms with van der Waals surface area (Å²) in [6.07, 6.45) is 0.906. The molecule has 1 heterocycles. The number of benzene rings is 1. The van der Waals surface area contributed by atoms with E-state index < -0.39 is 16.9 Å². The normalized spacial score (nSPS) is 14.0. The van der Waals surface area contributed by atoms with Gasteiger partial charge in [0.05, 0.1) is 17.1 Å². The van der Waals surface area contributed by atoms with Crippen LogP contribution < -0.4 is 0 Å². The van der Waals surface area contributed by atoms with Gasteiger partial charge in [-0.3, -0.25) is 0 Å². The highest BCUT2D eigenvalue weighted by molar-refractivity contribution is 7.89. The maximum Gasteiger partial charge on any atom is 0.132 e. The molecule has 1 aromatic carbocycles. The van der Waals surface area contributed by atoms with E-state index in [-0.39, 0.29) is 6.42 Å². The largest absolute Gasteiger partial charge is 0.467 e. The molecule has 0 aliphatic heterocycles. The van der Waals surface area contributed by atoms with Crippen molar-refractivity contribution in [2.75, 3.05) is 0 Å². The lowest BCUT2D eigenvalue weighted by Crippen LogP contribution is -2.02. The Morgan fingerprint density at radius 2 is 2.05 bits per heavy atom. The summed E-state index contributed by atoms with van der Waals surface area (Å²) in [5, 5.41) is 9.93. The van der Waals surface area contributed by atoms with Crippen molar-refractivity contribution in [2.24, 2.45) is 0 Å². The molecule has 0 saturated carbocycles. The van der Waals surface area contributed by atoms with E-state index in [2.05, 4.69) is 6.58 Å². The molecule has 0 radical (unpaired) electrons. The first-order chi connectivity index (χ1) is 9.08. The summed E-state index contributed by atoms with van der Waals surface area (Å²) in [5.74, 6) is 0.460. The van der Waals surface area contributed by atoms with Crippen LogP contribution in [0, 0.1) is 6.92 Å². The van der Waals surface area contributed by atoms with E-state index in [0.29, 0.717) is 15.6 Å². The molecule has 2 aromatic rings. The second-order valence-corrected chi connectivity index (χ2v) is 5.94. The molecule has 0 bridgehead atoms. The van der Waals surface area contributed by atoms with Gasteiger partial charge in [-0.15, -0.1) is 0 Å². The van der Waals surface area contributed by atoms with Crippen molar-refractivity contribution in [2.45, 2.75) is 24.3 Å². The first-order valence-corrected chi connectivity index (χ1v) is 7.10. The lowest BCUT2D eigenvalue weighted by molar-refractivity contribution is 0.152. The summed E-state index contributed by atoms with van der Waals surface area (Å²) in [7, 11) is -1.31. The number of aliphatic hydroxyl groups is 1. The number of furan rings is 1. The van der Waals surface area contributed by atoms with Gasteiger partial charge in [-0.2, -0.15) is 0 Å². The summed E-state index contributed by atoms with van der Waals surface area (Å²) in [5.41, 5.74) is 1.11. The highest BCUT2D eigenvalue weighted by Crippen LogP contribution is 2.25. The third-order valence-electron chi connectivity index (χ3n) is 2.79. The van der Waals surface area contributed by atoms with Crippen LogP contribution in [0.1, 0.15) is 23.8 Å². The molecule has 0 fully saturated rings. The van der Waals surface area contributed by atoms with Crippen LogP contribution in [0.5, 0.6) is 0 Å². The van der Waals surface area contributed by atoms with Crippen LogP contribution in [0.25, 0.3) is 0 Å². The van der Waals surface area contributed by atoms with Crippen molar-refractivity contribution in [3.05, 3.63) is 65.5 Å². The number of hydrogen-bond donors (Lipinski definition) is 1. The van der Waals surface area contributed by atoms with E-state index in [4.69, 9.17) is 4.42 Å². The Hall–Kier alpha value is -1.65. The average molecular weight is 276 g/mol. The van der Waals surface area contributed by atoms with Crippen molar-refractivity contribution in [3.8, 4) is 0 Å². The first-order valence-electron chi connectivity index (χ1n) is 5.95. The second kappa shape index (κ2) is 5.99.